The molecule has 21 heavy (non-hydrogen) atoms. The van der Waals surface area contributed by atoms with E-state index in [1.54, 1.807) is 4.90 Å². The molecule has 1 aliphatic carbocycles. The molecule has 2 fully saturated rings. The molecule has 1 saturated heterocycles. The summed E-state index contributed by atoms with van der Waals surface area (Å²) in [7, 11) is 0. The first-order valence-electron chi connectivity index (χ1n) is 7.41. The van der Waals surface area contributed by atoms with Crippen molar-refractivity contribution in [2.45, 2.75) is 44.6 Å². The van der Waals surface area contributed by atoms with Crippen molar-refractivity contribution in [2.24, 2.45) is 0 Å². The molecule has 0 radical (unpaired) electrons. The Kier molecular flexibility index (Phi) is 3.78. The van der Waals surface area contributed by atoms with Crippen molar-refractivity contribution < 1.29 is 9.59 Å². The van der Waals surface area contributed by atoms with Gasteiger partial charge in [-0.3, -0.25) is 9.59 Å². The molecule has 0 bridgehead atoms. The van der Waals surface area contributed by atoms with Gasteiger partial charge in [0, 0.05) is 23.1 Å². The molecule has 2 aliphatic rings. The largest absolute Gasteiger partial charge is 0.342 e. The molecule has 0 unspecified atom stereocenters. The molecule has 0 atom stereocenters. The molecular formula is C16H19BrN2O2. The fourth-order valence-electron chi connectivity index (χ4n) is 3.27. The number of carbonyl (C=O) groups is 2. The average molecular weight is 351 g/mol. The van der Waals surface area contributed by atoms with Crippen LogP contribution in [-0.2, 0) is 9.59 Å². The molecule has 112 valence electrons. The normalized spacial score (nSPS) is 21.5. The monoisotopic (exact) mass is 350 g/mol. The molecule has 2 amide bonds. The van der Waals surface area contributed by atoms with E-state index in [2.05, 4.69) is 21.2 Å². The van der Waals surface area contributed by atoms with Gasteiger partial charge in [0.2, 0.25) is 5.91 Å². The molecule has 1 heterocycles. The lowest BCUT2D eigenvalue weighted by Gasteiger charge is -2.32. The average Bonchev–Trinajstić information content (AvgIpc) is 2.87. The number of nitrogens with one attached hydrogen (secondary N) is 1. The van der Waals surface area contributed by atoms with E-state index in [0.717, 1.165) is 41.4 Å². The zero-order valence-corrected chi connectivity index (χ0v) is 13.7. The van der Waals surface area contributed by atoms with Gasteiger partial charge in [0.15, 0.2) is 0 Å². The summed E-state index contributed by atoms with van der Waals surface area (Å²) in [5, 5.41) is 2.99. The van der Waals surface area contributed by atoms with Gasteiger partial charge in [0.25, 0.3) is 5.91 Å². The Hall–Kier alpha value is -1.36. The quantitative estimate of drug-likeness (QED) is 0.846. The van der Waals surface area contributed by atoms with E-state index in [9.17, 15) is 9.59 Å². The predicted octanol–water partition coefficient (Wildman–Crippen LogP) is 2.92. The molecule has 1 spiro atoms. The summed E-state index contributed by atoms with van der Waals surface area (Å²) in [5.41, 5.74) is 1.32. The minimum absolute atomic E-state index is 0.0149. The van der Waals surface area contributed by atoms with E-state index in [-0.39, 0.29) is 11.8 Å². The van der Waals surface area contributed by atoms with Gasteiger partial charge in [-0.25, -0.2) is 0 Å². The summed E-state index contributed by atoms with van der Waals surface area (Å²) in [4.78, 5) is 26.8. The molecule has 4 nitrogen and oxygen atoms in total. The second-order valence-electron chi connectivity index (χ2n) is 5.98. The maximum Gasteiger partial charge on any atom is 0.252 e. The van der Waals surface area contributed by atoms with Crippen LogP contribution in [0.3, 0.4) is 0 Å². The molecule has 1 saturated carbocycles. The number of amides is 2. The molecule has 1 N–H and O–H groups in total. The second kappa shape index (κ2) is 5.44. The third-order valence-corrected chi connectivity index (χ3v) is 5.37. The van der Waals surface area contributed by atoms with Crippen LogP contribution >= 0.6 is 15.9 Å². The van der Waals surface area contributed by atoms with E-state index in [0.29, 0.717) is 13.0 Å². The Morgan fingerprint density at radius 1 is 1.24 bits per heavy atom. The fraction of sp³-hybridized carbons (Fsp3) is 0.500. The lowest BCUT2D eigenvalue weighted by atomic mass is 9.95. The first-order chi connectivity index (χ1) is 10.0. The van der Waals surface area contributed by atoms with Gasteiger partial charge in [-0.1, -0.05) is 34.8 Å². The van der Waals surface area contributed by atoms with Crippen molar-refractivity contribution in [1.29, 1.82) is 0 Å². The van der Waals surface area contributed by atoms with Gasteiger partial charge in [-0.05, 0) is 37.5 Å². The van der Waals surface area contributed by atoms with Crippen LogP contribution in [0, 0.1) is 6.92 Å². The lowest BCUT2D eigenvalue weighted by molar-refractivity contribution is -0.129. The van der Waals surface area contributed by atoms with Gasteiger partial charge >= 0.3 is 0 Å². The fourth-order valence-corrected chi connectivity index (χ4v) is 3.64. The van der Waals surface area contributed by atoms with Crippen molar-refractivity contribution in [1.82, 2.24) is 5.32 Å². The highest BCUT2D eigenvalue weighted by atomic mass is 79.9. The van der Waals surface area contributed by atoms with E-state index in [4.69, 9.17) is 0 Å². The Morgan fingerprint density at radius 2 is 1.95 bits per heavy atom. The molecule has 3 rings (SSSR count). The maximum atomic E-state index is 13.0. The number of hydrogen-bond donors (Lipinski definition) is 1. The first kappa shape index (κ1) is 14.6. The topological polar surface area (TPSA) is 49.4 Å². The van der Waals surface area contributed by atoms with Crippen LogP contribution in [0.4, 0.5) is 5.69 Å². The Balaban J connectivity index is 1.98. The summed E-state index contributed by atoms with van der Waals surface area (Å²) in [6.07, 6.45) is 3.86. The minimum Gasteiger partial charge on any atom is -0.342 e. The lowest BCUT2D eigenvalue weighted by Crippen LogP contribution is -2.55. The third-order valence-electron chi connectivity index (χ3n) is 4.52. The predicted molar refractivity (Wildman–Crippen MR) is 85.2 cm³/mol. The molecule has 1 aromatic carbocycles. The summed E-state index contributed by atoms with van der Waals surface area (Å²) in [5.74, 6) is 0.0283. The smallest absolute Gasteiger partial charge is 0.252 e. The summed E-state index contributed by atoms with van der Waals surface area (Å²) >= 11 is 3.52. The van der Waals surface area contributed by atoms with Crippen LogP contribution in [0.5, 0.6) is 0 Å². The number of benzene rings is 1. The highest BCUT2D eigenvalue weighted by Gasteiger charge is 2.46. The number of halogens is 1. The zero-order valence-electron chi connectivity index (χ0n) is 12.1. The second-order valence-corrected chi connectivity index (χ2v) is 6.83. The number of aryl methyl sites for hydroxylation is 1. The standard InChI is InChI=1S/C16H19BrN2O2/c1-11-4-5-12(10-13(11)17)19-9-6-14(20)18-16(15(19)21)7-2-3-8-16/h4-5,10H,2-3,6-9H2,1H3,(H,18,20). The van der Waals surface area contributed by atoms with Crippen molar-refractivity contribution in [3.8, 4) is 0 Å². The Morgan fingerprint density at radius 3 is 2.62 bits per heavy atom. The van der Waals surface area contributed by atoms with Gasteiger partial charge in [0.1, 0.15) is 5.54 Å². The highest BCUT2D eigenvalue weighted by molar-refractivity contribution is 9.10. The van der Waals surface area contributed by atoms with Crippen molar-refractivity contribution >= 4 is 33.4 Å². The van der Waals surface area contributed by atoms with Crippen molar-refractivity contribution in [2.75, 3.05) is 11.4 Å². The zero-order chi connectivity index (χ0) is 15.0. The summed E-state index contributed by atoms with van der Waals surface area (Å²) < 4.78 is 0.983. The molecule has 0 aromatic heterocycles. The van der Waals surface area contributed by atoms with Crippen LogP contribution in [0.25, 0.3) is 0 Å². The Bertz CT molecular complexity index is 594. The van der Waals surface area contributed by atoms with Crippen molar-refractivity contribution in [3.63, 3.8) is 0 Å². The molecular weight excluding hydrogens is 332 g/mol. The van der Waals surface area contributed by atoms with E-state index in [1.165, 1.54) is 0 Å². The molecule has 5 heteroatoms. The van der Waals surface area contributed by atoms with Gasteiger partial charge in [-0.15, -0.1) is 0 Å². The number of rotatable bonds is 1. The highest BCUT2D eigenvalue weighted by Crippen LogP contribution is 2.35. The molecule has 1 aliphatic heterocycles. The van der Waals surface area contributed by atoms with Gasteiger partial charge < -0.3 is 10.2 Å². The van der Waals surface area contributed by atoms with E-state index in [1.807, 2.05) is 25.1 Å². The van der Waals surface area contributed by atoms with Crippen LogP contribution in [-0.4, -0.2) is 23.9 Å². The van der Waals surface area contributed by atoms with Crippen LogP contribution in [0.2, 0.25) is 0 Å². The van der Waals surface area contributed by atoms with Gasteiger partial charge in [0.05, 0.1) is 0 Å². The number of hydrogen-bond acceptors (Lipinski definition) is 2. The maximum absolute atomic E-state index is 13.0. The summed E-state index contributed by atoms with van der Waals surface area (Å²) in [6.45, 7) is 2.46. The van der Waals surface area contributed by atoms with Crippen LogP contribution < -0.4 is 10.2 Å². The SMILES string of the molecule is Cc1ccc(N2CCC(=O)NC3(CCCC3)C2=O)cc1Br. The van der Waals surface area contributed by atoms with Crippen LogP contribution in [0.15, 0.2) is 22.7 Å². The van der Waals surface area contributed by atoms with E-state index < -0.39 is 5.54 Å². The van der Waals surface area contributed by atoms with Crippen molar-refractivity contribution in [3.05, 3.63) is 28.2 Å². The first-order valence-corrected chi connectivity index (χ1v) is 8.20. The number of anilines is 1. The van der Waals surface area contributed by atoms with Gasteiger partial charge in [-0.2, -0.15) is 0 Å². The Labute approximate surface area is 133 Å². The third kappa shape index (κ3) is 2.59. The van der Waals surface area contributed by atoms with Crippen LogP contribution in [0.1, 0.15) is 37.7 Å². The van der Waals surface area contributed by atoms with E-state index >= 15 is 0 Å². The number of nitrogens with zero attached hydrogens (tertiary/aromatic N) is 1. The minimum atomic E-state index is -0.676. The molecule has 1 aromatic rings. The summed E-state index contributed by atoms with van der Waals surface area (Å²) in [6, 6.07) is 5.91. The number of carbonyl (C=O) groups excluding carboxylic acids is 2.